The summed E-state index contributed by atoms with van der Waals surface area (Å²) in [5.41, 5.74) is 2.20. The molecule has 0 atom stereocenters. The topological polar surface area (TPSA) is 42.2 Å². The molecule has 3 nitrogen and oxygen atoms in total. The summed E-state index contributed by atoms with van der Waals surface area (Å²) in [6.07, 6.45) is 5.79. The minimum Gasteiger partial charge on any atom is -0.396 e. The zero-order valence-corrected chi connectivity index (χ0v) is 16.3. The van der Waals surface area contributed by atoms with Gasteiger partial charge < -0.3 is 9.67 Å². The molecule has 1 N–H and O–H groups in total. The second kappa shape index (κ2) is 8.58. The lowest BCUT2D eigenvalue weighted by atomic mass is 9.97. The summed E-state index contributed by atoms with van der Waals surface area (Å²) in [5, 5.41) is 10.9. The molecule has 0 saturated heterocycles. The highest BCUT2D eigenvalue weighted by atomic mass is 19.1. The van der Waals surface area contributed by atoms with Gasteiger partial charge in [0.05, 0.1) is 0 Å². The van der Waals surface area contributed by atoms with Crippen LogP contribution >= 0.6 is 0 Å². The number of aliphatic hydroxyl groups is 1. The fraction of sp³-hybridized carbons (Fsp3) is 0.240. The molecule has 1 heterocycles. The first kappa shape index (κ1) is 19.3. The fourth-order valence-electron chi connectivity index (χ4n) is 3.97. The van der Waals surface area contributed by atoms with Crippen molar-refractivity contribution < 1.29 is 14.3 Å². The van der Waals surface area contributed by atoms with E-state index in [9.17, 15) is 9.18 Å². The zero-order chi connectivity index (χ0) is 20.2. The average Bonchev–Trinajstić information content (AvgIpc) is 3.12. The minimum atomic E-state index is -0.317. The molecule has 0 fully saturated rings. The second-order valence-corrected chi connectivity index (χ2v) is 7.36. The number of halogens is 1. The van der Waals surface area contributed by atoms with E-state index < -0.39 is 0 Å². The van der Waals surface area contributed by atoms with Gasteiger partial charge in [0.15, 0.2) is 5.78 Å². The quantitative estimate of drug-likeness (QED) is 0.309. The molecule has 4 rings (SSSR count). The van der Waals surface area contributed by atoms with Crippen molar-refractivity contribution in [3.8, 4) is 0 Å². The third-order valence-electron chi connectivity index (χ3n) is 5.46. The Morgan fingerprint density at radius 2 is 1.48 bits per heavy atom. The molecule has 0 unspecified atom stereocenters. The van der Waals surface area contributed by atoms with Gasteiger partial charge in [-0.2, -0.15) is 0 Å². The van der Waals surface area contributed by atoms with E-state index in [0.29, 0.717) is 21.9 Å². The summed E-state index contributed by atoms with van der Waals surface area (Å²) in [6, 6.07) is 18.0. The van der Waals surface area contributed by atoms with Gasteiger partial charge in [-0.15, -0.1) is 0 Å². The molecule has 0 aliphatic heterocycles. The normalized spacial score (nSPS) is 11.4. The summed E-state index contributed by atoms with van der Waals surface area (Å²) in [7, 11) is 0. The highest BCUT2D eigenvalue weighted by Gasteiger charge is 2.19. The maximum atomic E-state index is 14.2. The Kier molecular flexibility index (Phi) is 5.72. The van der Waals surface area contributed by atoms with Crippen LogP contribution in [-0.4, -0.2) is 22.1 Å². The monoisotopic (exact) mass is 389 g/mol. The van der Waals surface area contributed by atoms with Gasteiger partial charge in [-0.3, -0.25) is 4.79 Å². The number of aliphatic hydroxyl groups excluding tert-OH is 1. The van der Waals surface area contributed by atoms with Crippen LogP contribution in [0, 0.1) is 5.82 Å². The number of benzene rings is 3. The van der Waals surface area contributed by atoms with Crippen LogP contribution in [0.25, 0.3) is 21.7 Å². The van der Waals surface area contributed by atoms with E-state index in [1.807, 2.05) is 36.5 Å². The van der Waals surface area contributed by atoms with Crippen LogP contribution in [0.5, 0.6) is 0 Å². The Balaban J connectivity index is 1.71. The standard InChI is InChI=1S/C25H24FNO2/c26-23-14-13-21(18-9-3-4-10-19(18)23)25(29)22-17-27(15-7-1-2-8-16-28)24-12-6-5-11-20(22)24/h3-6,9-14,17,28H,1-2,7-8,15-16H2. The van der Waals surface area contributed by atoms with Crippen LogP contribution in [0.15, 0.2) is 66.9 Å². The molecule has 4 heteroatoms. The number of carbonyl (C=O) groups is 1. The third-order valence-corrected chi connectivity index (χ3v) is 5.46. The number of aromatic nitrogens is 1. The van der Waals surface area contributed by atoms with Crippen molar-refractivity contribution in [2.75, 3.05) is 6.61 Å². The Bertz CT molecular complexity index is 1160. The van der Waals surface area contributed by atoms with E-state index >= 15 is 0 Å². The molecule has 0 amide bonds. The lowest BCUT2D eigenvalue weighted by Crippen LogP contribution is -2.03. The molecule has 29 heavy (non-hydrogen) atoms. The first-order valence-electron chi connectivity index (χ1n) is 10.1. The van der Waals surface area contributed by atoms with Gasteiger partial charge in [-0.25, -0.2) is 4.39 Å². The van der Waals surface area contributed by atoms with Crippen molar-refractivity contribution in [1.29, 1.82) is 0 Å². The second-order valence-electron chi connectivity index (χ2n) is 7.36. The van der Waals surface area contributed by atoms with E-state index in [2.05, 4.69) is 4.57 Å². The smallest absolute Gasteiger partial charge is 0.195 e. The largest absolute Gasteiger partial charge is 0.396 e. The van der Waals surface area contributed by atoms with Crippen molar-refractivity contribution in [3.63, 3.8) is 0 Å². The van der Waals surface area contributed by atoms with Crippen LogP contribution < -0.4 is 0 Å². The maximum absolute atomic E-state index is 14.2. The van der Waals surface area contributed by atoms with Crippen LogP contribution in [0.4, 0.5) is 4.39 Å². The van der Waals surface area contributed by atoms with Gasteiger partial charge in [0.2, 0.25) is 0 Å². The maximum Gasteiger partial charge on any atom is 0.195 e. The molecule has 1 aromatic heterocycles. The van der Waals surface area contributed by atoms with Crippen molar-refractivity contribution in [2.45, 2.75) is 32.2 Å². The van der Waals surface area contributed by atoms with Gasteiger partial charge in [0, 0.05) is 46.8 Å². The van der Waals surface area contributed by atoms with Gasteiger partial charge in [-0.05, 0) is 36.4 Å². The highest BCUT2D eigenvalue weighted by molar-refractivity contribution is 6.21. The van der Waals surface area contributed by atoms with Crippen molar-refractivity contribution >= 4 is 27.5 Å². The van der Waals surface area contributed by atoms with Crippen LogP contribution in [0.1, 0.15) is 41.6 Å². The number of aryl methyl sites for hydroxylation is 1. The van der Waals surface area contributed by atoms with E-state index in [0.717, 1.165) is 43.1 Å². The number of carbonyl (C=O) groups excluding carboxylic acids is 1. The number of nitrogens with zero attached hydrogens (tertiary/aromatic N) is 1. The lowest BCUT2D eigenvalue weighted by Gasteiger charge is -2.06. The first-order chi connectivity index (χ1) is 14.2. The molecular weight excluding hydrogens is 365 g/mol. The summed E-state index contributed by atoms with van der Waals surface area (Å²) < 4.78 is 16.3. The minimum absolute atomic E-state index is 0.0866. The van der Waals surface area contributed by atoms with E-state index in [1.165, 1.54) is 6.07 Å². The van der Waals surface area contributed by atoms with Crippen molar-refractivity contribution in [1.82, 2.24) is 4.57 Å². The fourth-order valence-corrected chi connectivity index (χ4v) is 3.97. The number of para-hydroxylation sites is 1. The molecule has 148 valence electrons. The predicted molar refractivity (Wildman–Crippen MR) is 115 cm³/mol. The summed E-state index contributed by atoms with van der Waals surface area (Å²) >= 11 is 0. The Morgan fingerprint density at radius 3 is 2.28 bits per heavy atom. The van der Waals surface area contributed by atoms with Crippen molar-refractivity contribution in [3.05, 3.63) is 83.8 Å². The van der Waals surface area contributed by atoms with Gasteiger partial charge in [0.25, 0.3) is 0 Å². The SMILES string of the molecule is O=C(c1ccc(F)c2ccccc12)c1cn(CCCCCCO)c2ccccc12. The Morgan fingerprint density at radius 1 is 0.793 bits per heavy atom. The molecule has 0 aliphatic carbocycles. The number of ketones is 1. The van der Waals surface area contributed by atoms with Crippen LogP contribution in [0.2, 0.25) is 0 Å². The Labute approximate surface area is 169 Å². The van der Waals surface area contributed by atoms with E-state index in [4.69, 9.17) is 5.11 Å². The molecule has 0 spiro atoms. The number of rotatable bonds is 8. The molecule has 0 radical (unpaired) electrons. The first-order valence-corrected chi connectivity index (χ1v) is 10.1. The lowest BCUT2D eigenvalue weighted by molar-refractivity contribution is 0.104. The summed E-state index contributed by atoms with van der Waals surface area (Å²) in [5.74, 6) is -0.404. The highest BCUT2D eigenvalue weighted by Crippen LogP contribution is 2.28. The van der Waals surface area contributed by atoms with Crippen molar-refractivity contribution in [2.24, 2.45) is 0 Å². The number of hydrogen-bond donors (Lipinski definition) is 1. The predicted octanol–water partition coefficient (Wildman–Crippen LogP) is 5.72. The number of hydrogen-bond acceptors (Lipinski definition) is 2. The molecule has 0 aliphatic rings. The molecule has 0 saturated carbocycles. The number of unbranched alkanes of at least 4 members (excludes halogenated alkanes) is 3. The zero-order valence-electron chi connectivity index (χ0n) is 16.3. The molecule has 4 aromatic rings. The average molecular weight is 389 g/mol. The van der Waals surface area contributed by atoms with E-state index in [-0.39, 0.29) is 18.2 Å². The van der Waals surface area contributed by atoms with Gasteiger partial charge in [0.1, 0.15) is 5.82 Å². The number of fused-ring (bicyclic) bond motifs is 2. The molecular formula is C25H24FNO2. The third kappa shape index (κ3) is 3.81. The summed E-state index contributed by atoms with van der Waals surface area (Å²) in [6.45, 7) is 1.06. The van der Waals surface area contributed by atoms with Crippen LogP contribution in [-0.2, 0) is 6.54 Å². The molecule has 3 aromatic carbocycles. The van der Waals surface area contributed by atoms with Gasteiger partial charge in [-0.1, -0.05) is 55.3 Å². The Hall–Kier alpha value is -2.98. The van der Waals surface area contributed by atoms with Gasteiger partial charge >= 0.3 is 0 Å². The molecule has 0 bridgehead atoms. The van der Waals surface area contributed by atoms with E-state index in [1.54, 1.807) is 24.3 Å². The van der Waals surface area contributed by atoms with Crippen LogP contribution in [0.3, 0.4) is 0 Å². The summed E-state index contributed by atoms with van der Waals surface area (Å²) in [4.78, 5) is 13.5.